The molecule has 34 heavy (non-hydrogen) atoms. The quantitative estimate of drug-likeness (QED) is 0.149. The van der Waals surface area contributed by atoms with Gasteiger partial charge in [0.15, 0.2) is 17.0 Å². The number of aromatic nitrogens is 2. The molecule has 9 nitrogen and oxygen atoms in total. The second kappa shape index (κ2) is 9.98. The van der Waals surface area contributed by atoms with Gasteiger partial charge in [-0.3, -0.25) is 5.21 Å². The highest BCUT2D eigenvalue weighted by molar-refractivity contribution is 7.22. The number of esters is 1. The molecule has 0 fully saturated rings. The van der Waals surface area contributed by atoms with E-state index in [0.29, 0.717) is 10.8 Å². The minimum absolute atomic E-state index is 0.0339. The molecule has 0 saturated heterocycles. The van der Waals surface area contributed by atoms with Gasteiger partial charge in [-0.2, -0.15) is 0 Å². The van der Waals surface area contributed by atoms with Crippen molar-refractivity contribution >= 4 is 44.2 Å². The fraction of sp³-hybridized carbons (Fsp3) is 0.217. The number of hydroxylamine groups is 1. The molecule has 1 atom stereocenters. The number of halogens is 1. The number of benzene rings is 2. The lowest BCUT2D eigenvalue weighted by Crippen LogP contribution is -2.31. The molecule has 2 heterocycles. The van der Waals surface area contributed by atoms with Crippen molar-refractivity contribution in [2.24, 2.45) is 10.9 Å². The highest BCUT2D eigenvalue weighted by atomic mass is 32.1. The summed E-state index contributed by atoms with van der Waals surface area (Å²) in [5.41, 5.74) is 4.76. The third kappa shape index (κ3) is 5.05. The van der Waals surface area contributed by atoms with E-state index in [0.717, 1.165) is 21.5 Å². The van der Waals surface area contributed by atoms with E-state index in [2.05, 4.69) is 20.4 Å². The summed E-state index contributed by atoms with van der Waals surface area (Å²) in [5.74, 6) is -0.852. The standard InChI is InChI=1S/C23H22FN5O4S/c1-12(2)20(22(30)32-3)27-21(28-31)18-11-17(29-33-18)13-4-7-15(8-5-13)25-23-26-16-9-6-14(24)10-19(16)34-23/h4-12,20,31H,1-3H3,(H,25,26)(H,27,28). The minimum atomic E-state index is -0.822. The highest BCUT2D eigenvalue weighted by Crippen LogP contribution is 2.30. The number of ether oxygens (including phenoxy) is 1. The number of rotatable bonds is 7. The van der Waals surface area contributed by atoms with Crippen molar-refractivity contribution in [3.05, 3.63) is 60.1 Å². The van der Waals surface area contributed by atoms with Crippen LogP contribution in [0.2, 0.25) is 0 Å². The number of hydrogen-bond donors (Lipinski definition) is 3. The largest absolute Gasteiger partial charge is 0.467 e. The van der Waals surface area contributed by atoms with Gasteiger partial charge in [-0.05, 0) is 36.2 Å². The number of methoxy groups -OCH3 is 1. The van der Waals surface area contributed by atoms with Crippen molar-refractivity contribution < 1.29 is 23.7 Å². The van der Waals surface area contributed by atoms with Crippen LogP contribution >= 0.6 is 11.3 Å². The predicted molar refractivity (Wildman–Crippen MR) is 127 cm³/mol. The smallest absolute Gasteiger partial charge is 0.330 e. The Morgan fingerprint density at radius 2 is 1.97 bits per heavy atom. The average Bonchev–Trinajstić information content (AvgIpc) is 3.46. The van der Waals surface area contributed by atoms with E-state index in [-0.39, 0.29) is 23.3 Å². The van der Waals surface area contributed by atoms with Crippen LogP contribution in [0.1, 0.15) is 19.6 Å². The molecule has 11 heteroatoms. The summed E-state index contributed by atoms with van der Waals surface area (Å²) in [6.45, 7) is 3.63. The van der Waals surface area contributed by atoms with Crippen LogP contribution in [0, 0.1) is 11.7 Å². The Labute approximate surface area is 198 Å². The van der Waals surface area contributed by atoms with Gasteiger partial charge in [0, 0.05) is 17.3 Å². The molecule has 1 unspecified atom stereocenters. The maximum absolute atomic E-state index is 13.4. The molecule has 0 amide bonds. The molecule has 3 N–H and O–H groups in total. The number of hydrogen-bond acceptors (Lipinski definition) is 9. The van der Waals surface area contributed by atoms with E-state index in [4.69, 9.17) is 9.26 Å². The van der Waals surface area contributed by atoms with Crippen molar-refractivity contribution in [1.82, 2.24) is 15.6 Å². The average molecular weight is 484 g/mol. The van der Waals surface area contributed by atoms with Crippen LogP contribution in [0.3, 0.4) is 0 Å². The van der Waals surface area contributed by atoms with Gasteiger partial charge in [-0.1, -0.05) is 42.5 Å². The number of fused-ring (bicyclic) bond motifs is 1. The van der Waals surface area contributed by atoms with Gasteiger partial charge in [-0.25, -0.2) is 24.6 Å². The molecule has 0 aliphatic carbocycles. The molecule has 4 rings (SSSR count). The Morgan fingerprint density at radius 3 is 2.65 bits per heavy atom. The molecule has 0 aliphatic heterocycles. The molecule has 0 bridgehead atoms. The van der Waals surface area contributed by atoms with E-state index in [9.17, 15) is 14.4 Å². The first-order chi connectivity index (χ1) is 16.4. The molecule has 0 spiro atoms. The number of carbonyl (C=O) groups excluding carboxylic acids is 1. The highest BCUT2D eigenvalue weighted by Gasteiger charge is 2.24. The Kier molecular flexibility index (Phi) is 6.85. The summed E-state index contributed by atoms with van der Waals surface area (Å²) in [6, 6.07) is 12.6. The number of thiazole rings is 1. The molecular formula is C23H22FN5O4S. The lowest BCUT2D eigenvalue weighted by molar-refractivity contribution is -0.143. The Balaban J connectivity index is 1.51. The lowest BCUT2D eigenvalue weighted by atomic mass is 10.1. The summed E-state index contributed by atoms with van der Waals surface area (Å²) >= 11 is 1.36. The maximum atomic E-state index is 13.4. The Hall–Kier alpha value is -3.83. The number of amidine groups is 1. The fourth-order valence-corrected chi connectivity index (χ4v) is 4.11. The maximum Gasteiger partial charge on any atom is 0.330 e. The van der Waals surface area contributed by atoms with Gasteiger partial charge in [-0.15, -0.1) is 0 Å². The first kappa shape index (κ1) is 23.3. The van der Waals surface area contributed by atoms with Gasteiger partial charge in [0.25, 0.3) is 0 Å². The van der Waals surface area contributed by atoms with Crippen molar-refractivity contribution in [2.45, 2.75) is 19.9 Å². The van der Waals surface area contributed by atoms with Gasteiger partial charge in [0.05, 0.1) is 17.3 Å². The van der Waals surface area contributed by atoms with Crippen molar-refractivity contribution in [2.75, 3.05) is 12.4 Å². The van der Waals surface area contributed by atoms with E-state index >= 15 is 0 Å². The van der Waals surface area contributed by atoms with Crippen LogP contribution in [0.4, 0.5) is 15.2 Å². The van der Waals surface area contributed by atoms with E-state index in [1.165, 1.54) is 30.6 Å². The third-order valence-electron chi connectivity index (χ3n) is 4.97. The van der Waals surface area contributed by atoms with Crippen LogP contribution in [-0.2, 0) is 9.53 Å². The lowest BCUT2D eigenvalue weighted by Gasteiger charge is -2.14. The SMILES string of the molecule is COC(=O)C(N=C(NO)c1cc(-c2ccc(Nc3nc4ccc(F)cc4s3)cc2)no1)C(C)C. The zero-order valence-corrected chi connectivity index (χ0v) is 19.4. The number of nitrogens with zero attached hydrogens (tertiary/aromatic N) is 3. The van der Waals surface area contributed by atoms with Gasteiger partial charge >= 0.3 is 5.97 Å². The summed E-state index contributed by atoms with van der Waals surface area (Å²) in [4.78, 5) is 20.7. The van der Waals surface area contributed by atoms with Crippen LogP contribution in [-0.4, -0.2) is 40.3 Å². The van der Waals surface area contributed by atoms with Crippen LogP contribution in [0.15, 0.2) is 58.0 Å². The Morgan fingerprint density at radius 1 is 1.21 bits per heavy atom. The first-order valence-electron chi connectivity index (χ1n) is 10.3. The molecule has 0 aliphatic rings. The molecular weight excluding hydrogens is 461 g/mol. The van der Waals surface area contributed by atoms with E-state index in [1.54, 1.807) is 12.1 Å². The second-order valence-corrected chi connectivity index (χ2v) is 8.74. The van der Waals surface area contributed by atoms with Crippen molar-refractivity contribution in [1.29, 1.82) is 0 Å². The van der Waals surface area contributed by atoms with Crippen molar-refractivity contribution in [3.63, 3.8) is 0 Å². The number of aliphatic imine (C=N–C) groups is 1. The Bertz CT molecular complexity index is 1330. The second-order valence-electron chi connectivity index (χ2n) is 7.71. The third-order valence-corrected chi connectivity index (χ3v) is 5.91. The monoisotopic (exact) mass is 483 g/mol. The number of nitrogens with one attached hydrogen (secondary N) is 2. The molecule has 2 aromatic carbocycles. The van der Waals surface area contributed by atoms with Gasteiger partial charge in [0.2, 0.25) is 5.76 Å². The number of carbonyl (C=O) groups is 1. The molecule has 0 radical (unpaired) electrons. The molecule has 2 aromatic heterocycles. The zero-order chi connectivity index (χ0) is 24.2. The normalized spacial score (nSPS) is 12.7. The van der Waals surface area contributed by atoms with Crippen molar-refractivity contribution in [3.8, 4) is 11.3 Å². The first-order valence-corrected chi connectivity index (χ1v) is 11.2. The predicted octanol–water partition coefficient (Wildman–Crippen LogP) is 4.76. The van der Waals surface area contributed by atoms with Crippen LogP contribution in [0.5, 0.6) is 0 Å². The van der Waals surface area contributed by atoms with Gasteiger partial charge in [0.1, 0.15) is 11.5 Å². The fourth-order valence-electron chi connectivity index (χ4n) is 3.20. The summed E-state index contributed by atoms with van der Waals surface area (Å²) in [7, 11) is 1.28. The molecule has 176 valence electrons. The van der Waals surface area contributed by atoms with Crippen LogP contribution in [0.25, 0.3) is 21.5 Å². The van der Waals surface area contributed by atoms with E-state index < -0.39 is 12.0 Å². The summed E-state index contributed by atoms with van der Waals surface area (Å²) < 4.78 is 24.3. The van der Waals surface area contributed by atoms with Crippen LogP contribution < -0.4 is 10.8 Å². The summed E-state index contributed by atoms with van der Waals surface area (Å²) in [5, 5.41) is 17.4. The zero-order valence-electron chi connectivity index (χ0n) is 18.6. The van der Waals surface area contributed by atoms with E-state index in [1.807, 2.05) is 43.6 Å². The number of anilines is 2. The van der Waals surface area contributed by atoms with Gasteiger partial charge < -0.3 is 14.6 Å². The summed E-state index contributed by atoms with van der Waals surface area (Å²) in [6.07, 6.45) is 0. The molecule has 4 aromatic rings. The minimum Gasteiger partial charge on any atom is -0.467 e. The molecule has 0 saturated carbocycles. The topological polar surface area (TPSA) is 122 Å².